The Morgan fingerprint density at radius 2 is 1.86 bits per heavy atom. The topological polar surface area (TPSA) is 21.3 Å². The van der Waals surface area contributed by atoms with Crippen molar-refractivity contribution in [1.82, 2.24) is 0 Å². The van der Waals surface area contributed by atoms with Crippen molar-refractivity contribution in [3.63, 3.8) is 0 Å². The molecule has 0 bridgehead atoms. The molecule has 2 aromatic carbocycles. The van der Waals surface area contributed by atoms with Crippen molar-refractivity contribution in [3.05, 3.63) is 58.7 Å². The van der Waals surface area contributed by atoms with Crippen molar-refractivity contribution in [2.45, 2.75) is 38.6 Å². The normalized spacial score (nSPS) is 17.0. The Kier molecular flexibility index (Phi) is 3.10. The molecule has 0 saturated heterocycles. The molecule has 0 fully saturated rings. The maximum Gasteiger partial charge on any atom is 0.122 e. The summed E-state index contributed by atoms with van der Waals surface area (Å²) in [5.74, 6) is 1.05. The second-order valence-corrected chi connectivity index (χ2v) is 6.17. The first-order chi connectivity index (χ1) is 10.3. The van der Waals surface area contributed by atoms with Gasteiger partial charge in [-0.1, -0.05) is 18.2 Å². The predicted molar refractivity (Wildman–Crippen MR) is 86.1 cm³/mol. The predicted octanol–water partition coefficient (Wildman–Crippen LogP) is 4.28. The van der Waals surface area contributed by atoms with Crippen LogP contribution in [0.1, 0.15) is 41.6 Å². The van der Waals surface area contributed by atoms with Gasteiger partial charge in [0.05, 0.1) is 6.61 Å². The molecule has 2 aliphatic rings. The molecule has 4 rings (SSSR count). The highest BCUT2D eigenvalue weighted by atomic mass is 16.5. The standard InChI is InChI=1S/C19H21NO/c1-13(15-6-5-14-3-2-4-16(14)11-15)20-18-7-8-19-17(12-18)9-10-21-19/h5-8,11-13,20H,2-4,9-10H2,1H3. The van der Waals surface area contributed by atoms with Crippen molar-refractivity contribution in [1.29, 1.82) is 0 Å². The van der Waals surface area contributed by atoms with E-state index in [0.29, 0.717) is 6.04 Å². The van der Waals surface area contributed by atoms with Gasteiger partial charge < -0.3 is 10.1 Å². The van der Waals surface area contributed by atoms with E-state index in [9.17, 15) is 0 Å². The highest BCUT2D eigenvalue weighted by molar-refractivity contribution is 5.53. The van der Waals surface area contributed by atoms with E-state index in [1.54, 1.807) is 11.1 Å². The van der Waals surface area contributed by atoms with Crippen LogP contribution in [-0.4, -0.2) is 6.61 Å². The third-order valence-corrected chi connectivity index (χ3v) is 4.70. The lowest BCUT2D eigenvalue weighted by Gasteiger charge is -2.17. The van der Waals surface area contributed by atoms with Crippen LogP contribution in [-0.2, 0) is 19.3 Å². The highest BCUT2D eigenvalue weighted by Crippen LogP contribution is 2.30. The van der Waals surface area contributed by atoms with Gasteiger partial charge in [0, 0.05) is 18.2 Å². The number of rotatable bonds is 3. The minimum absolute atomic E-state index is 0.330. The van der Waals surface area contributed by atoms with E-state index in [2.05, 4.69) is 48.6 Å². The fourth-order valence-corrected chi connectivity index (χ4v) is 3.47. The molecule has 1 N–H and O–H groups in total. The van der Waals surface area contributed by atoms with Crippen LogP contribution >= 0.6 is 0 Å². The van der Waals surface area contributed by atoms with Crippen LogP contribution < -0.4 is 10.1 Å². The fraction of sp³-hybridized carbons (Fsp3) is 0.368. The van der Waals surface area contributed by atoms with Crippen molar-refractivity contribution >= 4 is 5.69 Å². The molecule has 1 aliphatic heterocycles. The molecule has 1 heterocycles. The Labute approximate surface area is 126 Å². The number of fused-ring (bicyclic) bond motifs is 2. The number of benzene rings is 2. The summed E-state index contributed by atoms with van der Waals surface area (Å²) in [5.41, 5.74) is 6.98. The fourth-order valence-electron chi connectivity index (χ4n) is 3.47. The van der Waals surface area contributed by atoms with Crippen LogP contribution in [0.25, 0.3) is 0 Å². The smallest absolute Gasteiger partial charge is 0.122 e. The van der Waals surface area contributed by atoms with Gasteiger partial charge in [0.2, 0.25) is 0 Å². The minimum atomic E-state index is 0.330. The molecule has 2 nitrogen and oxygen atoms in total. The quantitative estimate of drug-likeness (QED) is 0.905. The molecule has 0 radical (unpaired) electrons. The molecule has 0 amide bonds. The number of hydrogen-bond donors (Lipinski definition) is 1. The molecule has 21 heavy (non-hydrogen) atoms. The van der Waals surface area contributed by atoms with Gasteiger partial charge in [0.1, 0.15) is 5.75 Å². The summed E-state index contributed by atoms with van der Waals surface area (Å²) < 4.78 is 5.57. The van der Waals surface area contributed by atoms with Gasteiger partial charge in [-0.25, -0.2) is 0 Å². The van der Waals surface area contributed by atoms with Gasteiger partial charge >= 0.3 is 0 Å². The first kappa shape index (κ1) is 12.8. The van der Waals surface area contributed by atoms with E-state index in [1.165, 1.54) is 36.1 Å². The number of ether oxygens (including phenoxy) is 1. The first-order valence-corrected chi connectivity index (χ1v) is 7.93. The largest absolute Gasteiger partial charge is 0.493 e. The summed E-state index contributed by atoms with van der Waals surface area (Å²) in [6.45, 7) is 3.06. The molecule has 0 aromatic heterocycles. The molecule has 108 valence electrons. The van der Waals surface area contributed by atoms with Gasteiger partial charge in [-0.05, 0) is 66.6 Å². The van der Waals surface area contributed by atoms with Gasteiger partial charge in [-0.2, -0.15) is 0 Å². The summed E-state index contributed by atoms with van der Waals surface area (Å²) in [6, 6.07) is 13.7. The van der Waals surface area contributed by atoms with Crippen molar-refractivity contribution < 1.29 is 4.74 Å². The molecule has 2 aromatic rings. The lowest BCUT2D eigenvalue weighted by Crippen LogP contribution is -2.07. The van der Waals surface area contributed by atoms with E-state index in [-0.39, 0.29) is 0 Å². The molecule has 1 unspecified atom stereocenters. The number of aryl methyl sites for hydroxylation is 2. The Morgan fingerprint density at radius 3 is 2.81 bits per heavy atom. The van der Waals surface area contributed by atoms with Crippen molar-refractivity contribution in [2.24, 2.45) is 0 Å². The molecule has 1 atom stereocenters. The van der Waals surface area contributed by atoms with E-state index in [0.717, 1.165) is 18.8 Å². The lowest BCUT2D eigenvalue weighted by molar-refractivity contribution is 0.357. The molecule has 2 heteroatoms. The van der Waals surface area contributed by atoms with Crippen LogP contribution in [0.15, 0.2) is 36.4 Å². The summed E-state index contributed by atoms with van der Waals surface area (Å²) >= 11 is 0. The Hall–Kier alpha value is -1.96. The average Bonchev–Trinajstić information content (AvgIpc) is 3.14. The second kappa shape index (κ2) is 5.10. The zero-order valence-corrected chi connectivity index (χ0v) is 12.5. The third kappa shape index (κ3) is 2.39. The van der Waals surface area contributed by atoms with Crippen LogP contribution in [0.5, 0.6) is 5.75 Å². The summed E-state index contributed by atoms with van der Waals surface area (Å²) in [6.07, 6.45) is 4.83. The molecule has 0 spiro atoms. The van der Waals surface area contributed by atoms with Crippen molar-refractivity contribution in [2.75, 3.05) is 11.9 Å². The van der Waals surface area contributed by atoms with Crippen LogP contribution in [0.3, 0.4) is 0 Å². The van der Waals surface area contributed by atoms with Crippen LogP contribution in [0.4, 0.5) is 5.69 Å². The molecule has 0 saturated carbocycles. The third-order valence-electron chi connectivity index (χ3n) is 4.70. The molecular weight excluding hydrogens is 258 g/mol. The maximum atomic E-state index is 5.57. The monoisotopic (exact) mass is 279 g/mol. The van der Waals surface area contributed by atoms with Gasteiger partial charge in [0.15, 0.2) is 0 Å². The van der Waals surface area contributed by atoms with E-state index in [1.807, 2.05) is 0 Å². The summed E-state index contributed by atoms with van der Waals surface area (Å²) in [5, 5.41) is 3.62. The second-order valence-electron chi connectivity index (χ2n) is 6.17. The zero-order chi connectivity index (χ0) is 14.2. The zero-order valence-electron chi connectivity index (χ0n) is 12.5. The van der Waals surface area contributed by atoms with Gasteiger partial charge in [-0.15, -0.1) is 0 Å². The van der Waals surface area contributed by atoms with E-state index in [4.69, 9.17) is 4.74 Å². The Bertz CT molecular complexity index is 677. The van der Waals surface area contributed by atoms with E-state index < -0.39 is 0 Å². The number of hydrogen-bond acceptors (Lipinski definition) is 2. The molecule has 1 aliphatic carbocycles. The van der Waals surface area contributed by atoms with Crippen LogP contribution in [0.2, 0.25) is 0 Å². The van der Waals surface area contributed by atoms with E-state index >= 15 is 0 Å². The minimum Gasteiger partial charge on any atom is -0.493 e. The lowest BCUT2D eigenvalue weighted by atomic mass is 10.0. The average molecular weight is 279 g/mol. The summed E-state index contributed by atoms with van der Waals surface area (Å²) in [4.78, 5) is 0. The SMILES string of the molecule is CC(Nc1ccc2c(c1)CCO2)c1ccc2c(c1)CCC2. The van der Waals surface area contributed by atoms with Gasteiger partial charge in [0.25, 0.3) is 0 Å². The first-order valence-electron chi connectivity index (χ1n) is 7.93. The summed E-state index contributed by atoms with van der Waals surface area (Å²) in [7, 11) is 0. The number of nitrogens with one attached hydrogen (secondary N) is 1. The van der Waals surface area contributed by atoms with Crippen LogP contribution in [0, 0.1) is 0 Å². The highest BCUT2D eigenvalue weighted by Gasteiger charge is 2.15. The molecular formula is C19H21NO. The van der Waals surface area contributed by atoms with Crippen molar-refractivity contribution in [3.8, 4) is 5.75 Å². The Balaban J connectivity index is 1.54. The Morgan fingerprint density at radius 1 is 0.952 bits per heavy atom. The maximum absolute atomic E-state index is 5.57. The number of anilines is 1. The van der Waals surface area contributed by atoms with Gasteiger partial charge in [-0.3, -0.25) is 0 Å².